The second-order valence-electron chi connectivity index (χ2n) is 4.67. The number of hydrogen-bond acceptors (Lipinski definition) is 2. The first-order chi connectivity index (χ1) is 7.75. The lowest BCUT2D eigenvalue weighted by molar-refractivity contribution is -0.123. The number of benzene rings is 1. The van der Waals surface area contributed by atoms with Crippen molar-refractivity contribution < 1.29 is 9.53 Å². The first-order valence-electron chi connectivity index (χ1n) is 5.10. The van der Waals surface area contributed by atoms with Crippen LogP contribution in [-0.4, -0.2) is 13.0 Å². The summed E-state index contributed by atoms with van der Waals surface area (Å²) >= 11 is 11.8. The molecule has 0 aliphatic rings. The maximum absolute atomic E-state index is 11.9. The van der Waals surface area contributed by atoms with E-state index in [4.69, 9.17) is 27.9 Å². The molecule has 94 valence electrons. The molecule has 0 aromatic heterocycles. The third kappa shape index (κ3) is 3.51. The summed E-state index contributed by atoms with van der Waals surface area (Å²) < 4.78 is 5.14. The van der Waals surface area contributed by atoms with Crippen molar-refractivity contribution in [3.05, 3.63) is 22.2 Å². The summed E-state index contributed by atoms with van der Waals surface area (Å²) in [5.41, 5.74) is 0.0266. The molecule has 0 unspecified atom stereocenters. The SMILES string of the molecule is COc1cc(Cl)c(Cl)cc1NC(=O)C(C)(C)C. The van der Waals surface area contributed by atoms with Crippen molar-refractivity contribution in [1.82, 2.24) is 0 Å². The van der Waals surface area contributed by atoms with Crippen LogP contribution >= 0.6 is 23.2 Å². The van der Waals surface area contributed by atoms with Gasteiger partial charge in [-0.3, -0.25) is 4.79 Å². The Bertz CT molecular complexity index is 439. The van der Waals surface area contributed by atoms with Crippen molar-refractivity contribution in [3.8, 4) is 5.75 Å². The molecule has 0 spiro atoms. The molecule has 0 fully saturated rings. The lowest BCUT2D eigenvalue weighted by Gasteiger charge is -2.19. The fourth-order valence-electron chi connectivity index (χ4n) is 1.10. The first-order valence-corrected chi connectivity index (χ1v) is 5.86. The van der Waals surface area contributed by atoms with E-state index in [0.29, 0.717) is 21.5 Å². The van der Waals surface area contributed by atoms with Crippen LogP contribution in [0, 0.1) is 5.41 Å². The van der Waals surface area contributed by atoms with Gasteiger partial charge >= 0.3 is 0 Å². The minimum atomic E-state index is -0.489. The average molecular weight is 276 g/mol. The van der Waals surface area contributed by atoms with Crippen molar-refractivity contribution in [2.75, 3.05) is 12.4 Å². The number of ether oxygens (including phenoxy) is 1. The Balaban J connectivity index is 3.06. The standard InChI is InChI=1S/C12H15Cl2NO2/c1-12(2,3)11(16)15-9-5-7(13)8(14)6-10(9)17-4/h5-6H,1-4H3,(H,15,16). The quantitative estimate of drug-likeness (QED) is 0.887. The molecule has 5 heteroatoms. The Hall–Kier alpha value is -0.930. The molecule has 1 amide bonds. The Morgan fingerprint density at radius 1 is 1.24 bits per heavy atom. The van der Waals surface area contributed by atoms with E-state index >= 15 is 0 Å². The molecule has 0 aliphatic heterocycles. The van der Waals surface area contributed by atoms with Gasteiger partial charge in [0.1, 0.15) is 5.75 Å². The minimum absolute atomic E-state index is 0.116. The highest BCUT2D eigenvalue weighted by Gasteiger charge is 2.22. The fourth-order valence-corrected chi connectivity index (χ4v) is 1.42. The van der Waals surface area contributed by atoms with Gasteiger partial charge in [-0.25, -0.2) is 0 Å². The molecule has 0 heterocycles. The molecule has 1 N–H and O–H groups in total. The third-order valence-electron chi connectivity index (χ3n) is 2.17. The largest absolute Gasteiger partial charge is 0.495 e. The highest BCUT2D eigenvalue weighted by Crippen LogP contribution is 2.34. The Morgan fingerprint density at radius 2 is 1.76 bits per heavy atom. The molecule has 0 radical (unpaired) electrons. The third-order valence-corrected chi connectivity index (χ3v) is 2.89. The van der Waals surface area contributed by atoms with Gasteiger partial charge in [0, 0.05) is 11.5 Å². The zero-order valence-electron chi connectivity index (χ0n) is 10.2. The minimum Gasteiger partial charge on any atom is -0.495 e. The summed E-state index contributed by atoms with van der Waals surface area (Å²) in [7, 11) is 1.51. The molecule has 1 aromatic carbocycles. The van der Waals surface area contributed by atoms with Crippen LogP contribution in [0.1, 0.15) is 20.8 Å². The summed E-state index contributed by atoms with van der Waals surface area (Å²) in [4.78, 5) is 11.9. The van der Waals surface area contributed by atoms with Gasteiger partial charge in [-0.2, -0.15) is 0 Å². The Labute approximate surface area is 111 Å². The topological polar surface area (TPSA) is 38.3 Å². The molecule has 1 aromatic rings. The highest BCUT2D eigenvalue weighted by molar-refractivity contribution is 6.42. The van der Waals surface area contributed by atoms with Crippen LogP contribution in [0.2, 0.25) is 10.0 Å². The van der Waals surface area contributed by atoms with E-state index in [0.717, 1.165) is 0 Å². The van der Waals surface area contributed by atoms with Crippen LogP contribution in [0.15, 0.2) is 12.1 Å². The second kappa shape index (κ2) is 5.15. The van der Waals surface area contributed by atoms with Crippen LogP contribution in [0.3, 0.4) is 0 Å². The normalized spacial score (nSPS) is 11.2. The number of methoxy groups -OCH3 is 1. The molecule has 0 aliphatic carbocycles. The van der Waals surface area contributed by atoms with Gasteiger partial charge in [0.25, 0.3) is 0 Å². The summed E-state index contributed by atoms with van der Waals surface area (Å²) in [6.07, 6.45) is 0. The van der Waals surface area contributed by atoms with Gasteiger partial charge in [-0.1, -0.05) is 44.0 Å². The number of anilines is 1. The zero-order chi connectivity index (χ0) is 13.2. The van der Waals surface area contributed by atoms with Crippen LogP contribution in [0.5, 0.6) is 5.75 Å². The number of nitrogens with one attached hydrogen (secondary N) is 1. The maximum atomic E-state index is 11.9. The Morgan fingerprint density at radius 3 is 2.24 bits per heavy atom. The number of carbonyl (C=O) groups is 1. The smallest absolute Gasteiger partial charge is 0.229 e. The summed E-state index contributed by atoms with van der Waals surface area (Å²) in [5.74, 6) is 0.367. The van der Waals surface area contributed by atoms with Crippen LogP contribution in [0.25, 0.3) is 0 Å². The summed E-state index contributed by atoms with van der Waals surface area (Å²) in [5, 5.41) is 3.52. The van der Waals surface area contributed by atoms with Crippen molar-refractivity contribution >= 4 is 34.8 Å². The monoisotopic (exact) mass is 275 g/mol. The lowest BCUT2D eigenvalue weighted by atomic mass is 9.95. The average Bonchev–Trinajstić information content (AvgIpc) is 2.21. The molecule has 0 saturated carbocycles. The second-order valence-corrected chi connectivity index (χ2v) is 5.49. The van der Waals surface area contributed by atoms with Gasteiger partial charge in [-0.15, -0.1) is 0 Å². The molecule has 0 bridgehead atoms. The van der Waals surface area contributed by atoms with Crippen LogP contribution in [-0.2, 0) is 4.79 Å². The van der Waals surface area contributed by atoms with E-state index in [1.165, 1.54) is 7.11 Å². The van der Waals surface area contributed by atoms with Gasteiger partial charge < -0.3 is 10.1 Å². The number of hydrogen-bond donors (Lipinski definition) is 1. The van der Waals surface area contributed by atoms with Crippen LogP contribution < -0.4 is 10.1 Å². The van der Waals surface area contributed by atoms with Crippen molar-refractivity contribution in [2.45, 2.75) is 20.8 Å². The van der Waals surface area contributed by atoms with E-state index in [1.807, 2.05) is 20.8 Å². The molecule has 1 rings (SSSR count). The predicted molar refractivity (Wildman–Crippen MR) is 71.1 cm³/mol. The van der Waals surface area contributed by atoms with E-state index in [9.17, 15) is 4.79 Å². The number of halogens is 2. The van der Waals surface area contributed by atoms with E-state index < -0.39 is 5.41 Å². The number of amides is 1. The van der Waals surface area contributed by atoms with Gasteiger partial charge in [0.2, 0.25) is 5.91 Å². The number of carbonyl (C=O) groups excluding carboxylic acids is 1. The maximum Gasteiger partial charge on any atom is 0.229 e. The molecule has 3 nitrogen and oxygen atoms in total. The first kappa shape index (κ1) is 14.1. The molecular weight excluding hydrogens is 261 g/mol. The highest BCUT2D eigenvalue weighted by atomic mass is 35.5. The lowest BCUT2D eigenvalue weighted by Crippen LogP contribution is -2.27. The molecule has 17 heavy (non-hydrogen) atoms. The number of rotatable bonds is 2. The van der Waals surface area contributed by atoms with Gasteiger partial charge in [0.15, 0.2) is 0 Å². The summed E-state index contributed by atoms with van der Waals surface area (Å²) in [6, 6.07) is 3.15. The van der Waals surface area contributed by atoms with Crippen molar-refractivity contribution in [3.63, 3.8) is 0 Å². The van der Waals surface area contributed by atoms with Gasteiger partial charge in [-0.05, 0) is 6.07 Å². The molecule has 0 atom stereocenters. The van der Waals surface area contributed by atoms with E-state index in [1.54, 1.807) is 12.1 Å². The van der Waals surface area contributed by atoms with Crippen molar-refractivity contribution in [2.24, 2.45) is 5.41 Å². The predicted octanol–water partition coefficient (Wildman–Crippen LogP) is 3.99. The van der Waals surface area contributed by atoms with Gasteiger partial charge in [0.05, 0.1) is 22.8 Å². The molecular formula is C12H15Cl2NO2. The van der Waals surface area contributed by atoms with Crippen LogP contribution in [0.4, 0.5) is 5.69 Å². The molecule has 0 saturated heterocycles. The summed E-state index contributed by atoms with van der Waals surface area (Å²) in [6.45, 7) is 5.48. The van der Waals surface area contributed by atoms with Crippen molar-refractivity contribution in [1.29, 1.82) is 0 Å². The zero-order valence-corrected chi connectivity index (χ0v) is 11.7. The Kier molecular flexibility index (Phi) is 4.28. The fraction of sp³-hybridized carbons (Fsp3) is 0.417. The van der Waals surface area contributed by atoms with E-state index in [-0.39, 0.29) is 5.91 Å². The van der Waals surface area contributed by atoms with E-state index in [2.05, 4.69) is 5.32 Å².